The van der Waals surface area contributed by atoms with E-state index in [-0.39, 0.29) is 27.4 Å². The van der Waals surface area contributed by atoms with Crippen molar-refractivity contribution in [3.8, 4) is 5.75 Å². The summed E-state index contributed by atoms with van der Waals surface area (Å²) in [5.41, 5.74) is 0.553. The Morgan fingerprint density at radius 1 is 1.17 bits per heavy atom. The molecule has 11 heteroatoms. The average Bonchev–Trinajstić information content (AvgIpc) is 3.40. The Morgan fingerprint density at radius 3 is 2.57 bits per heavy atom. The van der Waals surface area contributed by atoms with Gasteiger partial charge in [-0.25, -0.2) is 8.42 Å². The molecule has 2 N–H and O–H groups in total. The lowest BCUT2D eigenvalue weighted by Gasteiger charge is -2.34. The lowest BCUT2D eigenvalue weighted by Crippen LogP contribution is -2.43. The van der Waals surface area contributed by atoms with Gasteiger partial charge in [-0.05, 0) is 53.9 Å². The maximum atomic E-state index is 13.0. The minimum Gasteiger partial charge on any atom is -0.497 e. The predicted molar refractivity (Wildman–Crippen MR) is 137 cm³/mol. The summed E-state index contributed by atoms with van der Waals surface area (Å²) in [4.78, 5) is 16.3. The molecule has 2 aromatic carbocycles. The first-order valence-electron chi connectivity index (χ1n) is 11.0. The molecule has 186 valence electrons. The predicted octanol–water partition coefficient (Wildman–Crippen LogP) is 4.01. The van der Waals surface area contributed by atoms with E-state index in [2.05, 4.69) is 21.0 Å². The first-order chi connectivity index (χ1) is 16.9. The van der Waals surface area contributed by atoms with Gasteiger partial charge in [0.05, 0.1) is 31.4 Å². The van der Waals surface area contributed by atoms with Crippen LogP contribution in [0, 0.1) is 0 Å². The zero-order chi connectivity index (χ0) is 24.8. The van der Waals surface area contributed by atoms with Crippen LogP contribution in [-0.2, 0) is 14.8 Å². The van der Waals surface area contributed by atoms with Crippen LogP contribution in [-0.4, -0.2) is 59.2 Å². The van der Waals surface area contributed by atoms with Crippen LogP contribution >= 0.6 is 22.9 Å². The number of carbonyl (C=O) groups excluding carboxylic acids is 1. The number of ether oxygens (including phenoxy) is 2. The van der Waals surface area contributed by atoms with Crippen LogP contribution in [0.2, 0.25) is 5.02 Å². The number of nitrogens with zero attached hydrogens (tertiary/aromatic N) is 1. The molecule has 1 aliphatic heterocycles. The van der Waals surface area contributed by atoms with Crippen LogP contribution in [0.5, 0.6) is 5.75 Å². The van der Waals surface area contributed by atoms with E-state index in [1.807, 2.05) is 11.4 Å². The minimum absolute atomic E-state index is 0.00934. The molecule has 1 atom stereocenters. The molecule has 0 unspecified atom stereocenters. The summed E-state index contributed by atoms with van der Waals surface area (Å²) in [7, 11) is -2.50. The Hall–Kier alpha value is -2.63. The van der Waals surface area contributed by atoms with Gasteiger partial charge in [-0.3, -0.25) is 14.4 Å². The lowest BCUT2D eigenvalue weighted by atomic mass is 10.1. The van der Waals surface area contributed by atoms with Crippen LogP contribution in [0.4, 0.5) is 5.69 Å². The average molecular weight is 536 g/mol. The summed E-state index contributed by atoms with van der Waals surface area (Å²) in [6.45, 7) is 3.23. The van der Waals surface area contributed by atoms with E-state index in [9.17, 15) is 13.2 Å². The lowest BCUT2D eigenvalue weighted by molar-refractivity contribution is 0.0169. The summed E-state index contributed by atoms with van der Waals surface area (Å²) in [6, 6.07) is 14.7. The van der Waals surface area contributed by atoms with E-state index < -0.39 is 10.0 Å². The zero-order valence-electron chi connectivity index (χ0n) is 19.1. The summed E-state index contributed by atoms with van der Waals surface area (Å²) in [5.74, 6) is 0.222. The third-order valence-electron chi connectivity index (χ3n) is 5.64. The van der Waals surface area contributed by atoms with Crippen LogP contribution in [0.15, 0.2) is 64.9 Å². The van der Waals surface area contributed by atoms with E-state index >= 15 is 0 Å². The van der Waals surface area contributed by atoms with Gasteiger partial charge in [0.15, 0.2) is 0 Å². The third-order valence-corrected chi connectivity index (χ3v) is 8.48. The molecular weight excluding hydrogens is 510 g/mol. The molecule has 1 aromatic heterocycles. The number of benzene rings is 2. The molecule has 8 nitrogen and oxygen atoms in total. The summed E-state index contributed by atoms with van der Waals surface area (Å²) >= 11 is 7.84. The number of sulfonamides is 1. The molecule has 1 fully saturated rings. The van der Waals surface area contributed by atoms with Crippen LogP contribution in [0.25, 0.3) is 0 Å². The summed E-state index contributed by atoms with van der Waals surface area (Å²) in [5, 5.41) is 4.99. The first-order valence-corrected chi connectivity index (χ1v) is 13.7. The van der Waals surface area contributed by atoms with E-state index in [0.29, 0.717) is 31.2 Å². The molecular formula is C24H26ClN3O5S2. The largest absolute Gasteiger partial charge is 0.497 e. The fourth-order valence-corrected chi connectivity index (χ4v) is 6.24. The highest BCUT2D eigenvalue weighted by atomic mass is 35.5. The van der Waals surface area contributed by atoms with E-state index in [0.717, 1.165) is 18.0 Å². The van der Waals surface area contributed by atoms with Gasteiger partial charge >= 0.3 is 0 Å². The van der Waals surface area contributed by atoms with Crippen molar-refractivity contribution in [2.75, 3.05) is 44.7 Å². The molecule has 0 aliphatic carbocycles. The van der Waals surface area contributed by atoms with Gasteiger partial charge in [0.2, 0.25) is 0 Å². The zero-order valence-corrected chi connectivity index (χ0v) is 21.5. The number of rotatable bonds is 9. The van der Waals surface area contributed by atoms with E-state index in [1.54, 1.807) is 35.6 Å². The molecule has 1 saturated heterocycles. The highest BCUT2D eigenvalue weighted by molar-refractivity contribution is 7.92. The van der Waals surface area contributed by atoms with Gasteiger partial charge in [-0.2, -0.15) is 0 Å². The van der Waals surface area contributed by atoms with E-state index in [4.69, 9.17) is 21.1 Å². The second kappa shape index (κ2) is 11.4. The number of hydrogen-bond donors (Lipinski definition) is 2. The number of carbonyl (C=O) groups is 1. The number of anilines is 1. The molecule has 3 aromatic rings. The van der Waals surface area contributed by atoms with Gasteiger partial charge < -0.3 is 14.8 Å². The molecule has 1 aliphatic rings. The molecule has 0 radical (unpaired) electrons. The Balaban J connectivity index is 1.49. The Morgan fingerprint density at radius 2 is 1.91 bits per heavy atom. The number of hydrogen-bond acceptors (Lipinski definition) is 7. The van der Waals surface area contributed by atoms with Crippen LogP contribution in [0.1, 0.15) is 21.3 Å². The van der Waals surface area contributed by atoms with Gasteiger partial charge in [0, 0.05) is 35.8 Å². The second-order valence-electron chi connectivity index (χ2n) is 7.87. The molecule has 35 heavy (non-hydrogen) atoms. The van der Waals surface area contributed by atoms with Gasteiger partial charge in [-0.1, -0.05) is 17.7 Å². The fraction of sp³-hybridized carbons (Fsp3) is 0.292. The van der Waals surface area contributed by atoms with Crippen molar-refractivity contribution in [1.82, 2.24) is 10.2 Å². The number of nitrogens with one attached hydrogen (secondary N) is 2. The number of halogens is 1. The maximum Gasteiger partial charge on any atom is 0.263 e. The molecule has 2 heterocycles. The van der Waals surface area contributed by atoms with Gasteiger partial charge in [0.25, 0.3) is 15.9 Å². The minimum atomic E-state index is -4.03. The SMILES string of the molecule is COc1ccc(NS(=O)(=O)c2cc(C(=O)NC[C@H](c3cccs3)N3CCOCC3)ccc2Cl)cc1. The fourth-order valence-electron chi connectivity index (χ4n) is 3.79. The van der Waals surface area contributed by atoms with Crippen molar-refractivity contribution in [3.63, 3.8) is 0 Å². The second-order valence-corrected chi connectivity index (χ2v) is 10.9. The molecule has 0 spiro atoms. The molecule has 4 rings (SSSR count). The molecule has 0 bridgehead atoms. The number of morpholine rings is 1. The summed E-state index contributed by atoms with van der Waals surface area (Å²) < 4.78 is 39.1. The van der Waals surface area contributed by atoms with Crippen molar-refractivity contribution < 1.29 is 22.7 Å². The van der Waals surface area contributed by atoms with Crippen LogP contribution in [0.3, 0.4) is 0 Å². The highest BCUT2D eigenvalue weighted by Crippen LogP contribution is 2.27. The summed E-state index contributed by atoms with van der Waals surface area (Å²) in [6.07, 6.45) is 0. The highest BCUT2D eigenvalue weighted by Gasteiger charge is 2.25. The topological polar surface area (TPSA) is 97.0 Å². The van der Waals surface area contributed by atoms with Gasteiger partial charge in [0.1, 0.15) is 10.6 Å². The normalized spacial score (nSPS) is 15.4. The molecule has 1 amide bonds. The smallest absolute Gasteiger partial charge is 0.263 e. The molecule has 0 saturated carbocycles. The number of methoxy groups -OCH3 is 1. The number of amides is 1. The maximum absolute atomic E-state index is 13.0. The van der Waals surface area contributed by atoms with Crippen LogP contribution < -0.4 is 14.8 Å². The van der Waals surface area contributed by atoms with Gasteiger partial charge in [-0.15, -0.1) is 11.3 Å². The van der Waals surface area contributed by atoms with E-state index in [1.165, 1.54) is 25.3 Å². The van der Waals surface area contributed by atoms with Crippen molar-refractivity contribution >= 4 is 44.6 Å². The third kappa shape index (κ3) is 6.33. The van der Waals surface area contributed by atoms with Crippen molar-refractivity contribution in [1.29, 1.82) is 0 Å². The number of thiophene rings is 1. The standard InChI is InChI=1S/C24H26ClN3O5S2/c1-32-19-7-5-18(6-8-19)27-35(30,31)23-15-17(4-9-20(23)25)24(29)26-16-21(22-3-2-14-34-22)28-10-12-33-13-11-28/h2-9,14-15,21,27H,10-13,16H2,1H3,(H,26,29)/t21-/m1/s1. The van der Waals surface area contributed by atoms with Crippen molar-refractivity contribution in [2.24, 2.45) is 0 Å². The van der Waals surface area contributed by atoms with Crippen molar-refractivity contribution in [2.45, 2.75) is 10.9 Å². The monoisotopic (exact) mass is 535 g/mol. The Bertz CT molecular complexity index is 1240. The first kappa shape index (κ1) is 25.5. The van der Waals surface area contributed by atoms with Crippen molar-refractivity contribution in [3.05, 3.63) is 75.4 Å². The Kier molecular flexibility index (Phi) is 8.30. The quantitative estimate of drug-likeness (QED) is 0.429. The Labute approximate surface area is 213 Å².